The van der Waals surface area contributed by atoms with E-state index in [0.29, 0.717) is 0 Å². The number of nitrogens with zero attached hydrogens (tertiary/aromatic N) is 2. The predicted octanol–water partition coefficient (Wildman–Crippen LogP) is 1.96. The second kappa shape index (κ2) is 8.83. The van der Waals surface area contributed by atoms with E-state index in [-0.39, 0.29) is 28.2 Å². The summed E-state index contributed by atoms with van der Waals surface area (Å²) >= 11 is 6.02. The Bertz CT molecular complexity index is 942. The third-order valence-electron chi connectivity index (χ3n) is 3.69. The smallest absolute Gasteiger partial charge is 0.297 e. The molecule has 0 radical (unpaired) electrons. The van der Waals surface area contributed by atoms with Gasteiger partial charge in [-0.25, -0.2) is 4.68 Å². The van der Waals surface area contributed by atoms with Gasteiger partial charge in [-0.1, -0.05) is 29.3 Å². The van der Waals surface area contributed by atoms with Crippen LogP contribution < -0.4 is 10.9 Å². The molecule has 148 valence electrons. The average molecular weight is 416 g/mol. The lowest BCUT2D eigenvalue weighted by atomic mass is 10.2. The Morgan fingerprint density at radius 3 is 2.52 bits per heavy atom. The fourth-order valence-corrected chi connectivity index (χ4v) is 3.31. The van der Waals surface area contributed by atoms with Gasteiger partial charge >= 0.3 is 0 Å². The Balaban J connectivity index is 1.95. The van der Waals surface area contributed by atoms with Crippen molar-refractivity contribution in [3.8, 4) is 0 Å². The summed E-state index contributed by atoms with van der Waals surface area (Å²) in [5.74, 6) is 0. The molecule has 1 heterocycles. The summed E-state index contributed by atoms with van der Waals surface area (Å²) in [7, 11) is -3.96. The lowest BCUT2D eigenvalue weighted by Crippen LogP contribution is -2.29. The molecule has 1 aromatic carbocycles. The van der Waals surface area contributed by atoms with E-state index in [1.807, 2.05) is 6.92 Å². The SMILES string of the molecule is Cc1ccc(S(=O)(=O)OCC(O)CNc2cnn(C(C)C)c(=O)c2Cl)cc1. The number of aryl methyl sites for hydroxylation is 1. The van der Waals surface area contributed by atoms with Crippen LogP contribution in [0.5, 0.6) is 0 Å². The Kier molecular flexibility index (Phi) is 6.99. The average Bonchev–Trinajstić information content (AvgIpc) is 2.61. The zero-order valence-electron chi connectivity index (χ0n) is 15.2. The molecule has 0 aliphatic heterocycles. The van der Waals surface area contributed by atoms with Gasteiger partial charge in [0.05, 0.1) is 35.5 Å². The van der Waals surface area contributed by atoms with Gasteiger partial charge in [0.25, 0.3) is 15.7 Å². The molecule has 1 atom stereocenters. The topological polar surface area (TPSA) is 111 Å². The van der Waals surface area contributed by atoms with Crippen LogP contribution in [-0.2, 0) is 14.3 Å². The molecule has 0 spiro atoms. The second-order valence-corrected chi connectivity index (χ2v) is 8.30. The third kappa shape index (κ3) is 5.52. The fourth-order valence-electron chi connectivity index (χ4n) is 2.16. The Morgan fingerprint density at radius 2 is 1.93 bits per heavy atom. The highest BCUT2D eigenvalue weighted by Gasteiger charge is 2.18. The first-order valence-electron chi connectivity index (χ1n) is 8.27. The molecular weight excluding hydrogens is 394 g/mol. The van der Waals surface area contributed by atoms with Crippen LogP contribution in [0.2, 0.25) is 5.02 Å². The van der Waals surface area contributed by atoms with Crippen LogP contribution in [0.3, 0.4) is 0 Å². The number of anilines is 1. The van der Waals surface area contributed by atoms with Gasteiger partial charge in [0.15, 0.2) is 0 Å². The molecule has 27 heavy (non-hydrogen) atoms. The van der Waals surface area contributed by atoms with E-state index in [1.54, 1.807) is 26.0 Å². The molecule has 0 amide bonds. The van der Waals surface area contributed by atoms with Crippen LogP contribution in [0.25, 0.3) is 0 Å². The van der Waals surface area contributed by atoms with E-state index >= 15 is 0 Å². The Labute approximate surface area is 162 Å². The van der Waals surface area contributed by atoms with E-state index in [1.165, 1.54) is 23.0 Å². The maximum atomic E-state index is 12.1. The zero-order chi connectivity index (χ0) is 20.2. The summed E-state index contributed by atoms with van der Waals surface area (Å²) < 4.78 is 30.3. The van der Waals surface area contributed by atoms with E-state index < -0.39 is 28.4 Å². The summed E-state index contributed by atoms with van der Waals surface area (Å²) in [6.45, 7) is 4.92. The van der Waals surface area contributed by atoms with E-state index in [2.05, 4.69) is 10.4 Å². The summed E-state index contributed by atoms with van der Waals surface area (Å²) in [5.41, 5.74) is 0.714. The van der Waals surface area contributed by atoms with Crippen molar-refractivity contribution in [3.63, 3.8) is 0 Å². The summed E-state index contributed by atoms with van der Waals surface area (Å²) in [6, 6.07) is 6.04. The molecule has 0 saturated heterocycles. The van der Waals surface area contributed by atoms with Gasteiger partial charge in [0.1, 0.15) is 5.02 Å². The van der Waals surface area contributed by atoms with E-state index in [0.717, 1.165) is 5.56 Å². The quantitative estimate of drug-likeness (QED) is 0.634. The lowest BCUT2D eigenvalue weighted by Gasteiger charge is -2.15. The van der Waals surface area contributed by atoms with Gasteiger partial charge < -0.3 is 10.4 Å². The van der Waals surface area contributed by atoms with Crippen molar-refractivity contribution < 1.29 is 17.7 Å². The minimum atomic E-state index is -3.96. The van der Waals surface area contributed by atoms with Crippen LogP contribution in [0, 0.1) is 6.92 Å². The molecular formula is C17H22ClN3O5S. The van der Waals surface area contributed by atoms with Crippen molar-refractivity contribution >= 4 is 27.4 Å². The fraction of sp³-hybridized carbons (Fsp3) is 0.412. The minimum Gasteiger partial charge on any atom is -0.389 e. The van der Waals surface area contributed by atoms with E-state index in [4.69, 9.17) is 15.8 Å². The molecule has 0 fully saturated rings. The van der Waals surface area contributed by atoms with Crippen molar-refractivity contribution in [3.05, 3.63) is 51.4 Å². The van der Waals surface area contributed by atoms with Crippen molar-refractivity contribution in [2.24, 2.45) is 0 Å². The van der Waals surface area contributed by atoms with Crippen LogP contribution in [0.1, 0.15) is 25.5 Å². The number of nitrogens with one attached hydrogen (secondary N) is 1. The first-order chi connectivity index (χ1) is 12.6. The maximum absolute atomic E-state index is 12.1. The number of hydrogen-bond acceptors (Lipinski definition) is 7. The first kappa shape index (κ1) is 21.4. The van der Waals surface area contributed by atoms with Crippen LogP contribution in [0.4, 0.5) is 5.69 Å². The number of rotatable bonds is 8. The molecule has 2 N–H and O–H groups in total. The van der Waals surface area contributed by atoms with Crippen molar-refractivity contribution in [2.45, 2.75) is 37.8 Å². The highest BCUT2D eigenvalue weighted by atomic mass is 35.5. The molecule has 0 aliphatic rings. The van der Waals surface area contributed by atoms with Gasteiger partial charge in [-0.15, -0.1) is 0 Å². The van der Waals surface area contributed by atoms with E-state index in [9.17, 15) is 18.3 Å². The van der Waals surface area contributed by atoms with Crippen molar-refractivity contribution in [1.29, 1.82) is 0 Å². The van der Waals surface area contributed by atoms with Crippen LogP contribution >= 0.6 is 11.6 Å². The van der Waals surface area contributed by atoms with Crippen LogP contribution in [0.15, 0.2) is 40.2 Å². The van der Waals surface area contributed by atoms with Crippen molar-refractivity contribution in [1.82, 2.24) is 9.78 Å². The van der Waals surface area contributed by atoms with Gasteiger partial charge in [-0.3, -0.25) is 8.98 Å². The zero-order valence-corrected chi connectivity index (χ0v) is 16.8. The molecule has 2 rings (SSSR count). The monoisotopic (exact) mass is 415 g/mol. The second-order valence-electron chi connectivity index (χ2n) is 6.30. The lowest BCUT2D eigenvalue weighted by molar-refractivity contribution is 0.121. The largest absolute Gasteiger partial charge is 0.389 e. The molecule has 1 unspecified atom stereocenters. The van der Waals surface area contributed by atoms with Gasteiger partial charge in [-0.05, 0) is 32.9 Å². The number of benzene rings is 1. The standard InChI is InChI=1S/C17H22ClN3O5S/c1-11(2)21-17(23)16(18)15(9-20-21)19-8-13(22)10-26-27(24,25)14-6-4-12(3)5-7-14/h4-7,9,11,13,19,22H,8,10H2,1-3H3. The minimum absolute atomic E-state index is 0.0119. The highest BCUT2D eigenvalue weighted by Crippen LogP contribution is 2.17. The number of aliphatic hydroxyl groups excluding tert-OH is 1. The third-order valence-corrected chi connectivity index (χ3v) is 5.35. The Morgan fingerprint density at radius 1 is 1.30 bits per heavy atom. The van der Waals surface area contributed by atoms with Gasteiger partial charge in [0.2, 0.25) is 0 Å². The molecule has 1 aromatic heterocycles. The summed E-state index contributed by atoms with van der Waals surface area (Å²) in [5, 5.41) is 16.7. The molecule has 0 saturated carbocycles. The molecule has 0 bridgehead atoms. The normalized spacial score (nSPS) is 13.0. The maximum Gasteiger partial charge on any atom is 0.297 e. The summed E-state index contributed by atoms with van der Waals surface area (Å²) in [4.78, 5) is 12.1. The molecule has 2 aromatic rings. The molecule has 8 nitrogen and oxygen atoms in total. The molecule has 10 heteroatoms. The highest BCUT2D eigenvalue weighted by molar-refractivity contribution is 7.86. The predicted molar refractivity (Wildman–Crippen MR) is 103 cm³/mol. The number of hydrogen-bond donors (Lipinski definition) is 2. The first-order valence-corrected chi connectivity index (χ1v) is 10.1. The van der Waals surface area contributed by atoms with Gasteiger partial charge in [0, 0.05) is 6.54 Å². The Hall–Kier alpha value is -1.94. The molecule has 0 aliphatic carbocycles. The number of halogens is 1. The van der Waals surface area contributed by atoms with Gasteiger partial charge in [-0.2, -0.15) is 13.5 Å². The number of aromatic nitrogens is 2. The van der Waals surface area contributed by atoms with Crippen molar-refractivity contribution in [2.75, 3.05) is 18.5 Å². The number of aliphatic hydroxyl groups is 1. The summed E-state index contributed by atoms with van der Waals surface area (Å²) in [6.07, 6.45) is 0.231. The van der Waals surface area contributed by atoms with Crippen LogP contribution in [-0.4, -0.2) is 42.6 Å².